The number of rotatable bonds is 3. The average Bonchev–Trinajstić information content (AvgIpc) is 2.80. The number of terminal acetylenes is 1. The smallest absolute Gasteiger partial charge is 0.307 e. The first kappa shape index (κ1) is 11.8. The van der Waals surface area contributed by atoms with Crippen molar-refractivity contribution in [3.05, 3.63) is 0 Å². The van der Waals surface area contributed by atoms with E-state index in [0.29, 0.717) is 12.8 Å². The molecule has 0 aromatic carbocycles. The lowest BCUT2D eigenvalue weighted by Crippen LogP contribution is -2.27. The zero-order valence-electron chi connectivity index (χ0n) is 9.42. The molecule has 1 saturated carbocycles. The van der Waals surface area contributed by atoms with Crippen molar-refractivity contribution in [2.24, 2.45) is 5.41 Å². The summed E-state index contributed by atoms with van der Waals surface area (Å²) >= 11 is 0. The summed E-state index contributed by atoms with van der Waals surface area (Å²) in [5.74, 6) is 1.48. The third kappa shape index (κ3) is 3.09. The molecule has 1 aliphatic rings. The Kier molecular flexibility index (Phi) is 2.90. The minimum Gasteiger partial charge on any atom is -0.460 e. The Morgan fingerprint density at radius 3 is 2.27 bits per heavy atom. The van der Waals surface area contributed by atoms with Crippen molar-refractivity contribution in [1.82, 2.24) is 0 Å². The maximum atomic E-state index is 11.5. The van der Waals surface area contributed by atoms with Crippen LogP contribution in [0.25, 0.3) is 0 Å². The molecule has 82 valence electrons. The summed E-state index contributed by atoms with van der Waals surface area (Å²) in [6, 6.07) is 0. The molecule has 0 N–H and O–H groups in total. The average molecular weight is 208 g/mol. The zero-order chi connectivity index (χ0) is 11.7. The van der Waals surface area contributed by atoms with E-state index in [1.165, 1.54) is 0 Å². The Morgan fingerprint density at radius 2 is 1.93 bits per heavy atom. The number of carbonyl (C=O) groups excluding carboxylic acids is 2. The van der Waals surface area contributed by atoms with E-state index in [1.807, 2.05) is 0 Å². The van der Waals surface area contributed by atoms with Crippen molar-refractivity contribution in [1.29, 1.82) is 0 Å². The van der Waals surface area contributed by atoms with Crippen LogP contribution in [-0.4, -0.2) is 17.4 Å². The lowest BCUT2D eigenvalue weighted by molar-refractivity contribution is -0.157. The van der Waals surface area contributed by atoms with E-state index < -0.39 is 11.0 Å². The maximum absolute atomic E-state index is 11.5. The summed E-state index contributed by atoms with van der Waals surface area (Å²) in [5.41, 5.74) is -1.11. The highest BCUT2D eigenvalue weighted by molar-refractivity contribution is 6.03. The van der Waals surface area contributed by atoms with E-state index in [2.05, 4.69) is 5.92 Å². The number of Topliss-reactive ketones (excluding diaryl/α,β-unsaturated/α-hetero) is 1. The summed E-state index contributed by atoms with van der Waals surface area (Å²) in [6.45, 7) is 5.40. The van der Waals surface area contributed by atoms with Crippen LogP contribution in [0.15, 0.2) is 0 Å². The van der Waals surface area contributed by atoms with Gasteiger partial charge in [0, 0.05) is 0 Å². The standard InChI is InChI=1S/C12H16O3/c1-5-9(13)12(6-7-12)8-10(14)15-11(2,3)4/h1H,6-8H2,2-4H3. The fourth-order valence-corrected chi connectivity index (χ4v) is 1.44. The SMILES string of the molecule is C#CC(=O)C1(CC(=O)OC(C)(C)C)CC1. The second-order valence-corrected chi connectivity index (χ2v) is 5.02. The summed E-state index contributed by atoms with van der Waals surface area (Å²) < 4.78 is 5.15. The van der Waals surface area contributed by atoms with Gasteiger partial charge in [-0.3, -0.25) is 9.59 Å². The predicted octanol–water partition coefficient (Wildman–Crippen LogP) is 1.70. The van der Waals surface area contributed by atoms with E-state index in [0.717, 1.165) is 0 Å². The monoisotopic (exact) mass is 208 g/mol. The molecule has 0 aliphatic heterocycles. The van der Waals surface area contributed by atoms with E-state index in [4.69, 9.17) is 11.2 Å². The van der Waals surface area contributed by atoms with Crippen molar-refractivity contribution in [2.75, 3.05) is 0 Å². The number of hydrogen-bond donors (Lipinski definition) is 0. The first-order valence-electron chi connectivity index (χ1n) is 5.02. The number of ether oxygens (including phenoxy) is 1. The zero-order valence-corrected chi connectivity index (χ0v) is 9.42. The highest BCUT2D eigenvalue weighted by atomic mass is 16.6. The summed E-state index contributed by atoms with van der Waals surface area (Å²) in [4.78, 5) is 22.8. The van der Waals surface area contributed by atoms with Crippen LogP contribution in [0.3, 0.4) is 0 Å². The molecule has 0 spiro atoms. The molecule has 0 aromatic heterocycles. The Balaban J connectivity index is 2.53. The molecule has 3 nitrogen and oxygen atoms in total. The van der Waals surface area contributed by atoms with Crippen LogP contribution >= 0.6 is 0 Å². The van der Waals surface area contributed by atoms with E-state index >= 15 is 0 Å². The molecule has 0 unspecified atom stereocenters. The van der Waals surface area contributed by atoms with Gasteiger partial charge in [0.1, 0.15) is 5.60 Å². The molecule has 15 heavy (non-hydrogen) atoms. The van der Waals surface area contributed by atoms with Crippen molar-refractivity contribution >= 4 is 11.8 Å². The van der Waals surface area contributed by atoms with Gasteiger partial charge in [-0.05, 0) is 39.5 Å². The minimum atomic E-state index is -0.600. The Hall–Kier alpha value is -1.30. The molecule has 0 bridgehead atoms. The van der Waals surface area contributed by atoms with Gasteiger partial charge in [-0.15, -0.1) is 6.42 Å². The lowest BCUT2D eigenvalue weighted by Gasteiger charge is -2.20. The predicted molar refractivity (Wildman–Crippen MR) is 56.0 cm³/mol. The van der Waals surface area contributed by atoms with Crippen molar-refractivity contribution < 1.29 is 14.3 Å². The minimum absolute atomic E-state index is 0.118. The molecule has 0 atom stereocenters. The third-order valence-electron chi connectivity index (χ3n) is 2.37. The number of esters is 1. The molecule has 0 heterocycles. The van der Waals surface area contributed by atoms with E-state index in [9.17, 15) is 9.59 Å². The van der Waals surface area contributed by atoms with Crippen LogP contribution in [0.4, 0.5) is 0 Å². The topological polar surface area (TPSA) is 43.4 Å². The number of carbonyl (C=O) groups is 2. The first-order chi connectivity index (χ1) is 6.79. The van der Waals surface area contributed by atoms with Gasteiger partial charge >= 0.3 is 5.97 Å². The van der Waals surface area contributed by atoms with E-state index in [1.54, 1.807) is 20.8 Å². The summed E-state index contributed by atoms with van der Waals surface area (Å²) in [6.07, 6.45) is 6.58. The van der Waals surface area contributed by atoms with Gasteiger partial charge in [-0.2, -0.15) is 0 Å². The molecule has 0 saturated heterocycles. The molecule has 3 heteroatoms. The number of hydrogen-bond acceptors (Lipinski definition) is 3. The van der Waals surface area contributed by atoms with Crippen molar-refractivity contribution in [2.45, 2.75) is 45.6 Å². The summed E-state index contributed by atoms with van der Waals surface area (Å²) in [5, 5.41) is 0. The van der Waals surface area contributed by atoms with Gasteiger partial charge in [0.15, 0.2) is 0 Å². The summed E-state index contributed by atoms with van der Waals surface area (Å²) in [7, 11) is 0. The normalized spacial score (nSPS) is 17.7. The molecule has 0 aromatic rings. The highest BCUT2D eigenvalue weighted by Gasteiger charge is 2.51. The highest BCUT2D eigenvalue weighted by Crippen LogP contribution is 2.49. The molecule has 1 fully saturated rings. The molecular weight excluding hydrogens is 192 g/mol. The molecule has 1 aliphatic carbocycles. The fraction of sp³-hybridized carbons (Fsp3) is 0.667. The van der Waals surface area contributed by atoms with Crippen LogP contribution in [0.5, 0.6) is 0 Å². The molecule has 1 rings (SSSR count). The van der Waals surface area contributed by atoms with Gasteiger partial charge in [-0.25, -0.2) is 0 Å². The maximum Gasteiger partial charge on any atom is 0.307 e. The Morgan fingerprint density at radius 1 is 1.40 bits per heavy atom. The second kappa shape index (κ2) is 3.69. The van der Waals surface area contributed by atoms with Gasteiger partial charge in [0.2, 0.25) is 5.78 Å². The lowest BCUT2D eigenvalue weighted by atomic mass is 9.97. The third-order valence-corrected chi connectivity index (χ3v) is 2.37. The Bertz CT molecular complexity index is 324. The molecule has 0 radical (unpaired) electrons. The van der Waals surface area contributed by atoms with Crippen LogP contribution < -0.4 is 0 Å². The van der Waals surface area contributed by atoms with Crippen molar-refractivity contribution in [3.8, 4) is 12.3 Å². The van der Waals surface area contributed by atoms with Gasteiger partial charge in [0.05, 0.1) is 11.8 Å². The van der Waals surface area contributed by atoms with Crippen LogP contribution in [0.1, 0.15) is 40.0 Å². The molecule has 0 amide bonds. The van der Waals surface area contributed by atoms with Crippen LogP contribution in [0.2, 0.25) is 0 Å². The van der Waals surface area contributed by atoms with Crippen LogP contribution in [-0.2, 0) is 14.3 Å². The van der Waals surface area contributed by atoms with Gasteiger partial charge < -0.3 is 4.74 Å². The largest absolute Gasteiger partial charge is 0.460 e. The quantitative estimate of drug-likeness (QED) is 0.403. The Labute approximate surface area is 90.2 Å². The van der Waals surface area contributed by atoms with Crippen molar-refractivity contribution in [3.63, 3.8) is 0 Å². The van der Waals surface area contributed by atoms with E-state index in [-0.39, 0.29) is 18.2 Å². The van der Waals surface area contributed by atoms with Gasteiger partial charge in [0.25, 0.3) is 0 Å². The van der Waals surface area contributed by atoms with Gasteiger partial charge in [-0.1, -0.05) is 0 Å². The molecular formula is C12H16O3. The number of ketones is 1. The fourth-order valence-electron chi connectivity index (χ4n) is 1.44. The second-order valence-electron chi connectivity index (χ2n) is 5.02. The first-order valence-corrected chi connectivity index (χ1v) is 5.02. The van der Waals surface area contributed by atoms with Crippen LogP contribution in [0, 0.1) is 17.8 Å².